The van der Waals surface area contributed by atoms with Crippen molar-refractivity contribution in [3.8, 4) is 0 Å². The van der Waals surface area contributed by atoms with Crippen molar-refractivity contribution in [1.82, 2.24) is 10.3 Å². The quantitative estimate of drug-likeness (QED) is 0.806. The lowest BCUT2D eigenvalue weighted by molar-refractivity contribution is -0.117. The van der Waals surface area contributed by atoms with Gasteiger partial charge in [-0.05, 0) is 18.6 Å². The fraction of sp³-hybridized carbons (Fsp3) is 0.308. The van der Waals surface area contributed by atoms with Gasteiger partial charge in [-0.3, -0.25) is 10.1 Å². The van der Waals surface area contributed by atoms with Gasteiger partial charge >= 0.3 is 6.03 Å². The van der Waals surface area contributed by atoms with Gasteiger partial charge in [-0.25, -0.2) is 9.78 Å². The molecule has 0 atom stereocenters. The second-order valence-corrected chi connectivity index (χ2v) is 4.14. The summed E-state index contributed by atoms with van der Waals surface area (Å²) in [5, 5.41) is 5.24. The normalized spacial score (nSPS) is 14.3. The Bertz CT molecular complexity index is 501. The molecule has 0 aromatic carbocycles. The number of anilines is 2. The van der Waals surface area contributed by atoms with Gasteiger partial charge in [0.2, 0.25) is 5.91 Å². The van der Waals surface area contributed by atoms with E-state index in [1.165, 1.54) is 0 Å². The number of nitrogens with one attached hydrogen (secondary N) is 2. The average Bonchev–Trinajstić information content (AvgIpc) is 2.83. The molecule has 0 saturated carbocycles. The molecule has 19 heavy (non-hydrogen) atoms. The summed E-state index contributed by atoms with van der Waals surface area (Å²) in [6.07, 6.45) is 4.53. The average molecular weight is 260 g/mol. The third kappa shape index (κ3) is 3.09. The molecule has 1 aliphatic rings. The Morgan fingerprint density at radius 3 is 3.11 bits per heavy atom. The molecule has 2 heterocycles. The third-order valence-corrected chi connectivity index (χ3v) is 2.79. The van der Waals surface area contributed by atoms with Crippen LogP contribution in [0.25, 0.3) is 0 Å². The van der Waals surface area contributed by atoms with Gasteiger partial charge in [-0.15, -0.1) is 6.58 Å². The smallest absolute Gasteiger partial charge is 0.320 e. The predicted molar refractivity (Wildman–Crippen MR) is 73.0 cm³/mol. The van der Waals surface area contributed by atoms with Gasteiger partial charge in [-0.2, -0.15) is 0 Å². The molecule has 0 unspecified atom stereocenters. The summed E-state index contributed by atoms with van der Waals surface area (Å²) in [4.78, 5) is 29.1. The molecule has 6 nitrogen and oxygen atoms in total. The predicted octanol–water partition coefficient (Wildman–Crippen LogP) is 1.52. The first-order valence-corrected chi connectivity index (χ1v) is 6.13. The highest BCUT2D eigenvalue weighted by Gasteiger charge is 2.24. The summed E-state index contributed by atoms with van der Waals surface area (Å²) in [6, 6.07) is 3.15. The molecule has 1 saturated heterocycles. The van der Waals surface area contributed by atoms with Gasteiger partial charge < -0.3 is 10.2 Å². The van der Waals surface area contributed by atoms with Crippen LogP contribution in [-0.2, 0) is 4.79 Å². The van der Waals surface area contributed by atoms with Crippen molar-refractivity contribution in [2.45, 2.75) is 12.8 Å². The van der Waals surface area contributed by atoms with E-state index in [2.05, 4.69) is 22.2 Å². The summed E-state index contributed by atoms with van der Waals surface area (Å²) in [6.45, 7) is 4.55. The molecular weight excluding hydrogens is 244 g/mol. The summed E-state index contributed by atoms with van der Waals surface area (Å²) in [5.74, 6) is 0.446. The van der Waals surface area contributed by atoms with E-state index in [1.807, 2.05) is 0 Å². The van der Waals surface area contributed by atoms with Crippen LogP contribution in [0, 0.1) is 0 Å². The van der Waals surface area contributed by atoms with Crippen LogP contribution < -0.4 is 15.5 Å². The number of hydrogen-bond donors (Lipinski definition) is 2. The van der Waals surface area contributed by atoms with Crippen molar-refractivity contribution in [2.75, 3.05) is 23.3 Å². The lowest BCUT2D eigenvalue weighted by atomic mass is 10.3. The van der Waals surface area contributed by atoms with Gasteiger partial charge in [0, 0.05) is 25.7 Å². The van der Waals surface area contributed by atoms with E-state index < -0.39 is 0 Å². The molecule has 1 aromatic rings. The highest BCUT2D eigenvalue weighted by molar-refractivity contribution is 6.00. The molecule has 0 aliphatic carbocycles. The maximum atomic E-state index is 11.7. The Morgan fingerprint density at radius 2 is 2.42 bits per heavy atom. The number of nitrogens with zero attached hydrogens (tertiary/aromatic N) is 2. The Balaban J connectivity index is 2.14. The minimum absolute atomic E-state index is 0.0579. The van der Waals surface area contributed by atoms with Crippen LogP contribution in [0.1, 0.15) is 12.8 Å². The topological polar surface area (TPSA) is 74.3 Å². The highest BCUT2D eigenvalue weighted by atomic mass is 16.2. The second kappa shape index (κ2) is 5.99. The van der Waals surface area contributed by atoms with Crippen molar-refractivity contribution < 1.29 is 9.59 Å². The molecule has 6 heteroatoms. The molecule has 2 N–H and O–H groups in total. The van der Waals surface area contributed by atoms with Crippen LogP contribution >= 0.6 is 0 Å². The lowest BCUT2D eigenvalue weighted by Crippen LogP contribution is -2.31. The van der Waals surface area contributed by atoms with Crippen LogP contribution in [0.2, 0.25) is 0 Å². The van der Waals surface area contributed by atoms with Crippen LogP contribution in [-0.4, -0.2) is 30.0 Å². The maximum absolute atomic E-state index is 11.7. The minimum atomic E-state index is -0.369. The molecule has 0 bridgehead atoms. The number of rotatable bonds is 4. The summed E-state index contributed by atoms with van der Waals surface area (Å²) in [5.41, 5.74) is 0.638. The number of aromatic nitrogens is 1. The summed E-state index contributed by atoms with van der Waals surface area (Å²) < 4.78 is 0. The van der Waals surface area contributed by atoms with Crippen LogP contribution in [0.3, 0.4) is 0 Å². The molecule has 1 aliphatic heterocycles. The number of carbonyl (C=O) groups is 2. The fourth-order valence-corrected chi connectivity index (χ4v) is 1.93. The molecule has 100 valence electrons. The Kier molecular flexibility index (Phi) is 4.12. The summed E-state index contributed by atoms with van der Waals surface area (Å²) in [7, 11) is 0. The van der Waals surface area contributed by atoms with E-state index in [0.717, 1.165) is 6.42 Å². The van der Waals surface area contributed by atoms with Gasteiger partial charge in [-0.1, -0.05) is 6.08 Å². The number of urea groups is 1. The number of carbonyl (C=O) groups excluding carboxylic acids is 2. The first-order chi connectivity index (χ1) is 9.22. The van der Waals surface area contributed by atoms with Crippen LogP contribution in [0.4, 0.5) is 16.3 Å². The standard InChI is InChI=1S/C13H16N4O2/c1-2-7-15-13(19)16-12-10(5-3-8-14-12)17-9-4-6-11(17)18/h2-3,5,8H,1,4,6-7,9H2,(H2,14,15,16,19). The van der Waals surface area contributed by atoms with E-state index in [-0.39, 0.29) is 11.9 Å². The Labute approximate surface area is 111 Å². The molecule has 2 rings (SSSR count). The Hall–Kier alpha value is -2.37. The van der Waals surface area contributed by atoms with Gasteiger partial charge in [0.1, 0.15) is 0 Å². The first kappa shape index (κ1) is 13.1. The minimum Gasteiger partial charge on any atom is -0.334 e. The van der Waals surface area contributed by atoms with Gasteiger partial charge in [0.05, 0.1) is 5.69 Å². The van der Waals surface area contributed by atoms with Crippen LogP contribution in [0.5, 0.6) is 0 Å². The largest absolute Gasteiger partial charge is 0.334 e. The maximum Gasteiger partial charge on any atom is 0.320 e. The number of hydrogen-bond acceptors (Lipinski definition) is 3. The van der Waals surface area contributed by atoms with E-state index in [1.54, 1.807) is 29.3 Å². The number of pyridine rings is 1. The van der Waals surface area contributed by atoms with E-state index in [0.29, 0.717) is 31.0 Å². The zero-order valence-corrected chi connectivity index (χ0v) is 10.6. The lowest BCUT2D eigenvalue weighted by Gasteiger charge is -2.18. The first-order valence-electron chi connectivity index (χ1n) is 6.13. The van der Waals surface area contributed by atoms with Crippen molar-refractivity contribution in [2.24, 2.45) is 0 Å². The third-order valence-electron chi connectivity index (χ3n) is 2.79. The van der Waals surface area contributed by atoms with Crippen molar-refractivity contribution in [3.05, 3.63) is 31.0 Å². The molecule has 0 radical (unpaired) electrons. The van der Waals surface area contributed by atoms with Gasteiger partial charge in [0.15, 0.2) is 5.82 Å². The zero-order valence-electron chi connectivity index (χ0n) is 10.6. The Morgan fingerprint density at radius 1 is 1.58 bits per heavy atom. The van der Waals surface area contributed by atoms with E-state index >= 15 is 0 Å². The SMILES string of the molecule is C=CCNC(=O)Nc1ncccc1N1CCCC1=O. The molecule has 1 aromatic heterocycles. The molecule has 1 fully saturated rings. The molecule has 0 spiro atoms. The fourth-order valence-electron chi connectivity index (χ4n) is 1.93. The van der Waals surface area contributed by atoms with Crippen molar-refractivity contribution in [3.63, 3.8) is 0 Å². The second-order valence-electron chi connectivity index (χ2n) is 4.14. The van der Waals surface area contributed by atoms with E-state index in [9.17, 15) is 9.59 Å². The summed E-state index contributed by atoms with van der Waals surface area (Å²) >= 11 is 0. The van der Waals surface area contributed by atoms with E-state index in [4.69, 9.17) is 0 Å². The van der Waals surface area contributed by atoms with Gasteiger partial charge in [0.25, 0.3) is 0 Å². The van der Waals surface area contributed by atoms with Crippen LogP contribution in [0.15, 0.2) is 31.0 Å². The molecule has 3 amide bonds. The molecular formula is C13H16N4O2. The van der Waals surface area contributed by atoms with Crippen molar-refractivity contribution >= 4 is 23.4 Å². The zero-order chi connectivity index (χ0) is 13.7. The monoisotopic (exact) mass is 260 g/mol. The van der Waals surface area contributed by atoms with Crippen molar-refractivity contribution in [1.29, 1.82) is 0 Å². The number of amides is 3. The highest BCUT2D eigenvalue weighted by Crippen LogP contribution is 2.27.